The zero-order valence-electron chi connectivity index (χ0n) is 11.1. The summed E-state index contributed by atoms with van der Waals surface area (Å²) in [4.78, 5) is 1.07. The van der Waals surface area contributed by atoms with E-state index in [9.17, 15) is 0 Å². The molecule has 4 heteroatoms. The summed E-state index contributed by atoms with van der Waals surface area (Å²) in [6.45, 7) is 0. The summed E-state index contributed by atoms with van der Waals surface area (Å²) < 4.78 is 6.46. The Kier molecular flexibility index (Phi) is 2.75. The van der Waals surface area contributed by atoms with Crippen LogP contribution in [0.5, 0.6) is 0 Å². The first-order valence-electron chi connectivity index (χ1n) is 6.62. The number of rotatable bonds is 2. The van der Waals surface area contributed by atoms with Crippen LogP contribution in [-0.2, 0) is 0 Å². The summed E-state index contributed by atoms with van der Waals surface area (Å²) in [6.07, 6.45) is 0. The second-order valence-electron chi connectivity index (χ2n) is 4.78. The SMILES string of the molecule is Nc1onc(-c2cc3ccccc3s2)c1-c1ccccc1. The van der Waals surface area contributed by atoms with Gasteiger partial charge >= 0.3 is 0 Å². The van der Waals surface area contributed by atoms with E-state index in [0.717, 1.165) is 21.7 Å². The van der Waals surface area contributed by atoms with Crippen LogP contribution in [0.3, 0.4) is 0 Å². The van der Waals surface area contributed by atoms with Crippen molar-refractivity contribution in [2.75, 3.05) is 5.73 Å². The molecule has 0 saturated heterocycles. The van der Waals surface area contributed by atoms with Gasteiger partial charge in [0.05, 0.1) is 10.4 Å². The van der Waals surface area contributed by atoms with Crippen molar-refractivity contribution in [2.45, 2.75) is 0 Å². The summed E-state index contributed by atoms with van der Waals surface area (Å²) in [5.74, 6) is 0.355. The predicted molar refractivity (Wildman–Crippen MR) is 87.2 cm³/mol. The third kappa shape index (κ3) is 2.00. The molecule has 102 valence electrons. The zero-order chi connectivity index (χ0) is 14.2. The summed E-state index contributed by atoms with van der Waals surface area (Å²) in [5.41, 5.74) is 8.67. The van der Waals surface area contributed by atoms with Gasteiger partial charge in [-0.25, -0.2) is 0 Å². The number of nitrogens with zero attached hydrogens (tertiary/aromatic N) is 1. The van der Waals surface area contributed by atoms with Crippen LogP contribution in [0.2, 0.25) is 0 Å². The van der Waals surface area contributed by atoms with Crippen LogP contribution in [0.1, 0.15) is 0 Å². The minimum Gasteiger partial charge on any atom is -0.367 e. The lowest BCUT2D eigenvalue weighted by Gasteiger charge is -2.00. The van der Waals surface area contributed by atoms with Gasteiger partial charge in [0.1, 0.15) is 5.69 Å². The summed E-state index contributed by atoms with van der Waals surface area (Å²) >= 11 is 1.69. The normalized spacial score (nSPS) is 11.0. The van der Waals surface area contributed by atoms with Gasteiger partial charge in [0.15, 0.2) is 0 Å². The Morgan fingerprint density at radius 3 is 2.52 bits per heavy atom. The van der Waals surface area contributed by atoms with E-state index in [1.807, 2.05) is 42.5 Å². The number of aromatic nitrogens is 1. The van der Waals surface area contributed by atoms with Gasteiger partial charge in [-0.3, -0.25) is 0 Å². The molecule has 0 aliphatic rings. The number of nitrogens with two attached hydrogens (primary N) is 1. The molecular formula is C17H12N2OS. The molecule has 0 unspecified atom stereocenters. The van der Waals surface area contributed by atoms with Crippen LogP contribution < -0.4 is 5.73 Å². The number of benzene rings is 2. The first-order valence-corrected chi connectivity index (χ1v) is 7.44. The van der Waals surface area contributed by atoms with Gasteiger partial charge in [0.2, 0.25) is 5.88 Å². The standard InChI is InChI=1S/C17H12N2OS/c18-17-15(11-6-2-1-3-7-11)16(19-20-17)14-10-12-8-4-5-9-13(12)21-14/h1-10H,18H2. The van der Waals surface area contributed by atoms with Gasteiger partial charge < -0.3 is 10.3 Å². The fraction of sp³-hybridized carbons (Fsp3) is 0. The summed E-state index contributed by atoms with van der Waals surface area (Å²) in [6, 6.07) is 20.4. The Hall–Kier alpha value is -2.59. The Morgan fingerprint density at radius 1 is 0.952 bits per heavy atom. The first kappa shape index (κ1) is 12.2. The molecule has 0 bridgehead atoms. The van der Waals surface area contributed by atoms with Crippen molar-refractivity contribution in [3.8, 4) is 21.7 Å². The largest absolute Gasteiger partial charge is 0.367 e. The van der Waals surface area contributed by atoms with E-state index in [-0.39, 0.29) is 0 Å². The summed E-state index contributed by atoms with van der Waals surface area (Å²) in [5, 5.41) is 5.37. The van der Waals surface area contributed by atoms with Crippen molar-refractivity contribution in [1.82, 2.24) is 5.16 Å². The van der Waals surface area contributed by atoms with Crippen molar-refractivity contribution in [2.24, 2.45) is 0 Å². The van der Waals surface area contributed by atoms with E-state index >= 15 is 0 Å². The zero-order valence-corrected chi connectivity index (χ0v) is 11.9. The Labute approximate surface area is 125 Å². The number of nitrogen functional groups attached to an aromatic ring is 1. The molecule has 4 aromatic rings. The molecule has 2 aromatic heterocycles. The Bertz CT molecular complexity index is 876. The molecule has 3 nitrogen and oxygen atoms in total. The number of fused-ring (bicyclic) bond motifs is 1. The molecule has 2 N–H and O–H groups in total. The molecule has 4 rings (SSSR count). The highest BCUT2D eigenvalue weighted by Crippen LogP contribution is 2.40. The Balaban J connectivity index is 1.93. The molecule has 0 fully saturated rings. The van der Waals surface area contributed by atoms with Crippen molar-refractivity contribution in [3.05, 3.63) is 60.7 Å². The molecule has 0 saturated carbocycles. The molecule has 2 heterocycles. The lowest BCUT2D eigenvalue weighted by atomic mass is 10.0. The van der Waals surface area contributed by atoms with Gasteiger partial charge in [-0.15, -0.1) is 11.3 Å². The molecule has 0 amide bonds. The van der Waals surface area contributed by atoms with Crippen molar-refractivity contribution in [1.29, 1.82) is 0 Å². The van der Waals surface area contributed by atoms with E-state index in [1.165, 1.54) is 10.1 Å². The Morgan fingerprint density at radius 2 is 1.71 bits per heavy atom. The lowest BCUT2D eigenvalue weighted by Crippen LogP contribution is -1.86. The smallest absolute Gasteiger partial charge is 0.230 e. The van der Waals surface area contributed by atoms with Crippen molar-refractivity contribution in [3.63, 3.8) is 0 Å². The number of thiophene rings is 1. The van der Waals surface area contributed by atoms with Crippen molar-refractivity contribution < 1.29 is 4.52 Å². The molecule has 0 spiro atoms. The maximum absolute atomic E-state index is 5.98. The van der Waals surface area contributed by atoms with Crippen LogP contribution in [0.15, 0.2) is 65.2 Å². The van der Waals surface area contributed by atoms with Gasteiger partial charge in [-0.1, -0.05) is 53.7 Å². The fourth-order valence-electron chi connectivity index (χ4n) is 2.45. The second-order valence-corrected chi connectivity index (χ2v) is 5.87. The van der Waals surface area contributed by atoms with E-state index in [2.05, 4.69) is 23.4 Å². The van der Waals surface area contributed by atoms with Crippen molar-refractivity contribution >= 4 is 27.3 Å². The molecular weight excluding hydrogens is 280 g/mol. The molecule has 0 radical (unpaired) electrons. The lowest BCUT2D eigenvalue weighted by molar-refractivity contribution is 0.439. The molecule has 0 aliphatic heterocycles. The highest BCUT2D eigenvalue weighted by molar-refractivity contribution is 7.22. The number of anilines is 1. The predicted octanol–water partition coefficient (Wildman–Crippen LogP) is 4.81. The van der Waals surface area contributed by atoms with Gasteiger partial charge in [-0.05, 0) is 23.1 Å². The quantitative estimate of drug-likeness (QED) is 0.577. The summed E-state index contributed by atoms with van der Waals surface area (Å²) in [7, 11) is 0. The maximum atomic E-state index is 5.98. The second kappa shape index (κ2) is 4.75. The van der Waals surface area contributed by atoms with E-state index in [4.69, 9.17) is 10.3 Å². The highest BCUT2D eigenvalue weighted by Gasteiger charge is 2.18. The average molecular weight is 292 g/mol. The van der Waals surface area contributed by atoms with Crippen LogP contribution in [0.4, 0.5) is 5.88 Å². The van der Waals surface area contributed by atoms with Crippen LogP contribution >= 0.6 is 11.3 Å². The maximum Gasteiger partial charge on any atom is 0.230 e. The fourth-order valence-corrected chi connectivity index (χ4v) is 3.50. The molecule has 21 heavy (non-hydrogen) atoms. The first-order chi connectivity index (χ1) is 10.3. The third-order valence-corrected chi connectivity index (χ3v) is 4.56. The topological polar surface area (TPSA) is 52.0 Å². The van der Waals surface area contributed by atoms with E-state index < -0.39 is 0 Å². The van der Waals surface area contributed by atoms with E-state index in [1.54, 1.807) is 11.3 Å². The molecule has 0 aliphatic carbocycles. The average Bonchev–Trinajstić information content (AvgIpc) is 3.11. The third-order valence-electron chi connectivity index (χ3n) is 3.44. The number of hydrogen-bond acceptors (Lipinski definition) is 4. The highest BCUT2D eigenvalue weighted by atomic mass is 32.1. The van der Waals surface area contributed by atoms with Gasteiger partial charge in [0.25, 0.3) is 0 Å². The molecule has 2 aromatic carbocycles. The van der Waals surface area contributed by atoms with Crippen LogP contribution in [0, 0.1) is 0 Å². The van der Waals surface area contributed by atoms with E-state index in [0.29, 0.717) is 5.88 Å². The molecule has 0 atom stereocenters. The number of hydrogen-bond donors (Lipinski definition) is 1. The van der Waals surface area contributed by atoms with Gasteiger partial charge in [0, 0.05) is 4.70 Å². The minimum absolute atomic E-state index is 0.355. The van der Waals surface area contributed by atoms with Crippen LogP contribution in [-0.4, -0.2) is 5.16 Å². The monoisotopic (exact) mass is 292 g/mol. The van der Waals surface area contributed by atoms with Crippen LogP contribution in [0.25, 0.3) is 31.8 Å². The van der Waals surface area contributed by atoms with Gasteiger partial charge in [-0.2, -0.15) is 0 Å². The minimum atomic E-state index is 0.355.